The van der Waals surface area contributed by atoms with Crippen molar-refractivity contribution in [2.24, 2.45) is 5.92 Å². The highest BCUT2D eigenvalue weighted by atomic mass is 32.2. The van der Waals surface area contributed by atoms with Crippen LogP contribution in [0, 0.1) is 18.7 Å². The Bertz CT molecular complexity index is 1330. The van der Waals surface area contributed by atoms with E-state index >= 15 is 0 Å². The Morgan fingerprint density at radius 1 is 0.971 bits per heavy atom. The van der Waals surface area contributed by atoms with Gasteiger partial charge in [0.05, 0.1) is 10.8 Å². The molecule has 4 rings (SSSR count). The third-order valence-corrected chi connectivity index (χ3v) is 7.35. The van der Waals surface area contributed by atoms with E-state index in [-0.39, 0.29) is 40.4 Å². The molecule has 9 heteroatoms. The van der Waals surface area contributed by atoms with Gasteiger partial charge in [-0.3, -0.25) is 14.3 Å². The molecule has 0 unspecified atom stereocenters. The lowest BCUT2D eigenvalue weighted by molar-refractivity contribution is -0.121. The molecule has 1 heterocycles. The number of hydrogen-bond acceptors (Lipinski definition) is 4. The third kappa shape index (κ3) is 5.86. The molecule has 0 spiro atoms. The zero-order valence-corrected chi connectivity index (χ0v) is 20.0. The van der Waals surface area contributed by atoms with Crippen molar-refractivity contribution in [3.8, 4) is 0 Å². The van der Waals surface area contributed by atoms with Crippen LogP contribution in [0.2, 0.25) is 0 Å². The van der Waals surface area contributed by atoms with Gasteiger partial charge in [-0.15, -0.1) is 0 Å². The first-order chi connectivity index (χ1) is 16.7. The number of likely N-dealkylation sites (tertiary alicyclic amines) is 1. The zero-order valence-electron chi connectivity index (χ0n) is 19.2. The van der Waals surface area contributed by atoms with E-state index in [9.17, 15) is 22.4 Å². The molecule has 35 heavy (non-hydrogen) atoms. The molecule has 0 saturated carbocycles. The maximum absolute atomic E-state index is 13.4. The van der Waals surface area contributed by atoms with Crippen LogP contribution < -0.4 is 10.0 Å². The van der Waals surface area contributed by atoms with E-state index in [1.54, 1.807) is 30.0 Å². The minimum absolute atomic E-state index is 0.0776. The molecule has 3 aromatic carbocycles. The number of anilines is 2. The van der Waals surface area contributed by atoms with Crippen molar-refractivity contribution in [1.29, 1.82) is 0 Å². The number of amides is 2. The van der Waals surface area contributed by atoms with Gasteiger partial charge in [-0.25, -0.2) is 12.8 Å². The molecule has 0 bridgehead atoms. The van der Waals surface area contributed by atoms with E-state index in [4.69, 9.17) is 0 Å². The van der Waals surface area contributed by atoms with Gasteiger partial charge < -0.3 is 10.2 Å². The summed E-state index contributed by atoms with van der Waals surface area (Å²) in [7, 11) is -4.00. The van der Waals surface area contributed by atoms with Crippen LogP contribution in [0.4, 0.5) is 15.8 Å². The first-order valence-electron chi connectivity index (χ1n) is 11.3. The van der Waals surface area contributed by atoms with Gasteiger partial charge >= 0.3 is 0 Å². The summed E-state index contributed by atoms with van der Waals surface area (Å²) in [6.45, 7) is 2.47. The fourth-order valence-electron chi connectivity index (χ4n) is 4.04. The highest BCUT2D eigenvalue weighted by Crippen LogP contribution is 2.24. The second-order valence-corrected chi connectivity index (χ2v) is 10.2. The third-order valence-electron chi connectivity index (χ3n) is 5.97. The molecule has 2 N–H and O–H groups in total. The molecule has 1 aliphatic heterocycles. The van der Waals surface area contributed by atoms with Gasteiger partial charge in [0, 0.05) is 30.0 Å². The lowest BCUT2D eigenvalue weighted by atomic mass is 9.96. The predicted octanol–water partition coefficient (Wildman–Crippen LogP) is 4.43. The van der Waals surface area contributed by atoms with Crippen molar-refractivity contribution in [2.75, 3.05) is 23.1 Å². The highest BCUT2D eigenvalue weighted by Gasteiger charge is 2.30. The molecule has 0 aliphatic carbocycles. The predicted molar refractivity (Wildman–Crippen MR) is 132 cm³/mol. The number of sulfonamides is 1. The maximum atomic E-state index is 13.4. The lowest BCUT2D eigenvalue weighted by Crippen LogP contribution is -2.44. The topological polar surface area (TPSA) is 95.6 Å². The summed E-state index contributed by atoms with van der Waals surface area (Å²) in [5.74, 6) is -1.31. The van der Waals surface area contributed by atoms with Crippen LogP contribution in [0.15, 0.2) is 77.7 Å². The van der Waals surface area contributed by atoms with E-state index in [0.717, 1.165) is 12.1 Å². The Labute approximate surface area is 204 Å². The molecule has 0 aromatic heterocycles. The van der Waals surface area contributed by atoms with Crippen LogP contribution >= 0.6 is 0 Å². The molecule has 0 radical (unpaired) electrons. The lowest BCUT2D eigenvalue weighted by Gasteiger charge is -2.32. The van der Waals surface area contributed by atoms with Crippen molar-refractivity contribution in [3.05, 3.63) is 89.7 Å². The van der Waals surface area contributed by atoms with E-state index in [1.807, 2.05) is 18.2 Å². The summed E-state index contributed by atoms with van der Waals surface area (Å²) in [6, 6.07) is 18.4. The van der Waals surface area contributed by atoms with Gasteiger partial charge in [-0.1, -0.05) is 24.3 Å². The normalized spacial score (nSPS) is 15.9. The summed E-state index contributed by atoms with van der Waals surface area (Å²) < 4.78 is 41.3. The molecular formula is C26H26FN3O4S. The smallest absolute Gasteiger partial charge is 0.261 e. The van der Waals surface area contributed by atoms with Gasteiger partial charge in [0.15, 0.2) is 0 Å². The zero-order chi connectivity index (χ0) is 25.0. The number of benzene rings is 3. The quantitative estimate of drug-likeness (QED) is 0.529. The van der Waals surface area contributed by atoms with Gasteiger partial charge in [-0.2, -0.15) is 0 Å². The monoisotopic (exact) mass is 495 g/mol. The summed E-state index contributed by atoms with van der Waals surface area (Å²) in [4.78, 5) is 27.6. The van der Waals surface area contributed by atoms with Crippen molar-refractivity contribution in [2.45, 2.75) is 24.7 Å². The molecule has 3 aromatic rings. The van der Waals surface area contributed by atoms with E-state index in [0.29, 0.717) is 30.6 Å². The highest BCUT2D eigenvalue weighted by molar-refractivity contribution is 7.92. The number of hydrogen-bond donors (Lipinski definition) is 2. The number of carbonyl (C=O) groups is 2. The van der Waals surface area contributed by atoms with Crippen LogP contribution in [-0.4, -0.2) is 38.2 Å². The van der Waals surface area contributed by atoms with Gasteiger partial charge in [0.2, 0.25) is 5.91 Å². The Hall–Kier alpha value is -3.72. The molecule has 1 aliphatic rings. The number of carbonyl (C=O) groups excluding carboxylic acids is 2. The van der Waals surface area contributed by atoms with Crippen LogP contribution in [0.1, 0.15) is 28.8 Å². The summed E-state index contributed by atoms with van der Waals surface area (Å²) >= 11 is 0. The molecule has 182 valence electrons. The number of nitrogens with one attached hydrogen (secondary N) is 2. The minimum Gasteiger partial charge on any atom is -0.338 e. The van der Waals surface area contributed by atoms with Gasteiger partial charge in [-0.05, 0) is 73.9 Å². The van der Waals surface area contributed by atoms with Crippen molar-refractivity contribution >= 4 is 33.2 Å². The average molecular weight is 496 g/mol. The second-order valence-electron chi connectivity index (χ2n) is 8.53. The summed E-state index contributed by atoms with van der Waals surface area (Å²) in [5, 5.41) is 2.89. The second kappa shape index (κ2) is 10.3. The van der Waals surface area contributed by atoms with Gasteiger partial charge in [0.1, 0.15) is 5.82 Å². The molecule has 1 atom stereocenters. The molecule has 7 nitrogen and oxygen atoms in total. The van der Waals surface area contributed by atoms with Crippen LogP contribution in [-0.2, 0) is 14.8 Å². The first-order valence-corrected chi connectivity index (χ1v) is 12.8. The van der Waals surface area contributed by atoms with Crippen molar-refractivity contribution in [1.82, 2.24) is 4.90 Å². The van der Waals surface area contributed by atoms with Gasteiger partial charge in [0.25, 0.3) is 15.9 Å². The van der Waals surface area contributed by atoms with E-state index in [1.165, 1.54) is 24.3 Å². The molecule has 1 saturated heterocycles. The number of halogens is 1. The van der Waals surface area contributed by atoms with E-state index < -0.39 is 15.8 Å². The summed E-state index contributed by atoms with van der Waals surface area (Å²) in [6.07, 6.45) is 1.33. The Kier molecular flexibility index (Phi) is 7.16. The maximum Gasteiger partial charge on any atom is 0.261 e. The van der Waals surface area contributed by atoms with Crippen LogP contribution in [0.25, 0.3) is 0 Å². The van der Waals surface area contributed by atoms with Crippen LogP contribution in [0.3, 0.4) is 0 Å². The number of piperidine rings is 1. The Morgan fingerprint density at radius 3 is 2.40 bits per heavy atom. The SMILES string of the molecule is Cc1ccc(S(=O)(=O)Nc2ccc(F)cc2)cc1C(=O)N1CCC[C@@H](C(=O)Nc2ccccc2)C1. The van der Waals surface area contributed by atoms with Crippen molar-refractivity contribution in [3.63, 3.8) is 0 Å². The van der Waals surface area contributed by atoms with E-state index in [2.05, 4.69) is 10.0 Å². The molecule has 1 fully saturated rings. The standard InChI is InChI=1S/C26H26FN3O4S/c1-18-9-14-23(35(33,34)29-22-12-10-20(27)11-13-22)16-24(18)26(32)30-15-5-6-19(17-30)25(31)28-21-7-3-2-4-8-21/h2-4,7-14,16,19,29H,5-6,15,17H2,1H3,(H,28,31)/t19-/m1/s1. The number of rotatable bonds is 6. The molecule has 2 amide bonds. The number of aryl methyl sites for hydroxylation is 1. The minimum atomic E-state index is -4.00. The fourth-order valence-corrected chi connectivity index (χ4v) is 5.13. The first kappa shape index (κ1) is 24.4. The largest absolute Gasteiger partial charge is 0.338 e. The average Bonchev–Trinajstić information content (AvgIpc) is 2.86. The Balaban J connectivity index is 1.50. The molecular weight excluding hydrogens is 469 g/mol. The van der Waals surface area contributed by atoms with Crippen LogP contribution in [0.5, 0.6) is 0 Å². The fraction of sp³-hybridized carbons (Fsp3) is 0.231. The summed E-state index contributed by atoms with van der Waals surface area (Å²) in [5.41, 5.74) is 1.80. The number of nitrogens with zero attached hydrogens (tertiary/aromatic N) is 1. The van der Waals surface area contributed by atoms with Crippen molar-refractivity contribution < 1.29 is 22.4 Å². The Morgan fingerprint density at radius 2 is 1.69 bits per heavy atom. The number of para-hydroxylation sites is 1.